The first-order chi connectivity index (χ1) is 15.9. The average molecular weight is 503 g/mol. The molecule has 1 unspecified atom stereocenters. The molecule has 0 spiro atoms. The molecule has 12 heteroatoms. The molecule has 8 nitrogen and oxygen atoms in total. The molecule has 0 aromatic heterocycles. The van der Waals surface area contributed by atoms with Gasteiger partial charge in [0.15, 0.2) is 5.75 Å². The Hall–Kier alpha value is -2.67. The number of fused-ring (bicyclic) bond motifs is 2. The third-order valence-electron chi connectivity index (χ3n) is 5.60. The number of alkyl halides is 3. The van der Waals surface area contributed by atoms with E-state index in [-0.39, 0.29) is 10.8 Å². The van der Waals surface area contributed by atoms with Crippen molar-refractivity contribution in [1.82, 2.24) is 5.32 Å². The summed E-state index contributed by atoms with van der Waals surface area (Å²) in [5.41, 5.74) is 9.66. The molecule has 0 aliphatic carbocycles. The normalized spacial score (nSPS) is 17.5. The summed E-state index contributed by atoms with van der Waals surface area (Å²) >= 11 is 0. The van der Waals surface area contributed by atoms with Gasteiger partial charge in [0.25, 0.3) is 10.1 Å². The molecule has 4 N–H and O–H groups in total. The molecule has 0 radical (unpaired) electrons. The molecule has 0 saturated heterocycles. The lowest BCUT2D eigenvalue weighted by molar-refractivity contribution is -0.195. The Morgan fingerprint density at radius 3 is 2.47 bits per heavy atom. The van der Waals surface area contributed by atoms with Gasteiger partial charge >= 0.3 is 12.1 Å². The molecule has 0 fully saturated rings. The summed E-state index contributed by atoms with van der Waals surface area (Å²) in [5.74, 6) is -1.29. The molecule has 2 aliphatic heterocycles. The fourth-order valence-electron chi connectivity index (χ4n) is 4.07. The minimum absolute atomic E-state index is 0.0875. The Labute approximate surface area is 194 Å². The summed E-state index contributed by atoms with van der Waals surface area (Å²) in [5, 5.41) is 3.49. The van der Waals surface area contributed by atoms with E-state index in [2.05, 4.69) is 24.0 Å². The lowest BCUT2D eigenvalue weighted by Crippen LogP contribution is -2.30. The molecule has 186 valence electrons. The molecular weight excluding hydrogens is 477 g/mol. The van der Waals surface area contributed by atoms with E-state index >= 15 is 0 Å². The molecule has 34 heavy (non-hydrogen) atoms. The predicted octanol–water partition coefficient (Wildman–Crippen LogP) is 3.02. The Morgan fingerprint density at radius 1 is 1.26 bits per heavy atom. The monoisotopic (exact) mass is 502 g/mol. The number of primary amides is 1. The fraction of sp³-hybridized carbons (Fsp3) is 0.409. The molecule has 2 heterocycles. The van der Waals surface area contributed by atoms with Crippen LogP contribution in [0, 0.1) is 0 Å². The van der Waals surface area contributed by atoms with E-state index in [9.17, 15) is 26.1 Å². The lowest BCUT2D eigenvalue weighted by atomic mass is 9.83. The van der Waals surface area contributed by atoms with Gasteiger partial charge in [-0.15, -0.1) is 0 Å². The largest absolute Gasteiger partial charge is 0.470 e. The maximum Gasteiger partial charge on any atom is 0.470 e. The number of carbonyl (C=O) groups is 1. The molecule has 2 aromatic rings. The predicted molar refractivity (Wildman–Crippen MR) is 116 cm³/mol. The van der Waals surface area contributed by atoms with Gasteiger partial charge in [-0.2, -0.15) is 26.5 Å². The van der Waals surface area contributed by atoms with Gasteiger partial charge in [0.1, 0.15) is 6.61 Å². The van der Waals surface area contributed by atoms with Gasteiger partial charge < -0.3 is 15.9 Å². The summed E-state index contributed by atoms with van der Waals surface area (Å²) in [4.78, 5) is 19.7. The van der Waals surface area contributed by atoms with E-state index in [0.29, 0.717) is 6.61 Å². The molecule has 1 atom stereocenters. The van der Waals surface area contributed by atoms with Gasteiger partial charge in [-0.1, -0.05) is 25.5 Å². The van der Waals surface area contributed by atoms with Crippen LogP contribution >= 0.6 is 0 Å². The maximum atomic E-state index is 11.3. The van der Waals surface area contributed by atoms with E-state index < -0.39 is 22.2 Å². The molecule has 0 saturated carbocycles. The van der Waals surface area contributed by atoms with Gasteiger partial charge in [-0.05, 0) is 54.3 Å². The molecular formula is C22H25F3N2O6S. The summed E-state index contributed by atoms with van der Waals surface area (Å²) in [6.45, 7) is 4.25. The van der Waals surface area contributed by atoms with Crippen LogP contribution in [0.15, 0.2) is 35.2 Å². The van der Waals surface area contributed by atoms with Crippen LogP contribution in [-0.4, -0.2) is 38.1 Å². The van der Waals surface area contributed by atoms with Crippen LogP contribution in [0.2, 0.25) is 0 Å². The number of benzene rings is 2. The van der Waals surface area contributed by atoms with Gasteiger partial charge in [0, 0.05) is 23.6 Å². The van der Waals surface area contributed by atoms with Crippen molar-refractivity contribution in [3.8, 4) is 5.75 Å². The minimum atomic E-state index is -4.86. The van der Waals surface area contributed by atoms with Gasteiger partial charge in [0.2, 0.25) is 0 Å². The SMILES string of the molecule is CCCc1c2c(cc3c1OOC3)C(c1ccc(S(=O)(=O)O)cc1)CNCC2.NC(=O)C(F)(F)F. The van der Waals surface area contributed by atoms with Crippen molar-refractivity contribution in [3.63, 3.8) is 0 Å². The van der Waals surface area contributed by atoms with Crippen molar-refractivity contribution in [2.24, 2.45) is 5.73 Å². The number of carbonyl (C=O) groups excluding carboxylic acids is 1. The zero-order chi connectivity index (χ0) is 25.1. The fourth-order valence-corrected chi connectivity index (χ4v) is 4.55. The number of rotatable bonds is 4. The van der Waals surface area contributed by atoms with Crippen molar-refractivity contribution >= 4 is 16.0 Å². The smallest absolute Gasteiger partial charge is 0.362 e. The summed E-state index contributed by atoms with van der Waals surface area (Å²) in [6, 6.07) is 8.66. The zero-order valence-corrected chi connectivity index (χ0v) is 19.1. The van der Waals surface area contributed by atoms with Crippen LogP contribution in [0.1, 0.15) is 47.1 Å². The highest BCUT2D eigenvalue weighted by Crippen LogP contribution is 2.41. The second-order valence-electron chi connectivity index (χ2n) is 7.92. The summed E-state index contributed by atoms with van der Waals surface area (Å²) in [6.07, 6.45) is -1.99. The highest BCUT2D eigenvalue weighted by atomic mass is 32.2. The van der Waals surface area contributed by atoms with E-state index in [1.807, 2.05) is 0 Å². The van der Waals surface area contributed by atoms with Crippen LogP contribution in [-0.2, 0) is 39.2 Å². The minimum Gasteiger partial charge on any atom is -0.362 e. The second kappa shape index (κ2) is 10.3. The number of nitrogens with one attached hydrogen (secondary N) is 1. The van der Waals surface area contributed by atoms with Crippen LogP contribution in [0.3, 0.4) is 0 Å². The van der Waals surface area contributed by atoms with Crippen LogP contribution in [0.25, 0.3) is 0 Å². The molecule has 0 bridgehead atoms. The first-order valence-electron chi connectivity index (χ1n) is 10.5. The Morgan fingerprint density at radius 2 is 1.91 bits per heavy atom. The third kappa shape index (κ3) is 5.87. The van der Waals surface area contributed by atoms with Crippen molar-refractivity contribution < 1.29 is 40.7 Å². The topological polar surface area (TPSA) is 128 Å². The summed E-state index contributed by atoms with van der Waals surface area (Å²) < 4.78 is 64.0. The quantitative estimate of drug-likeness (QED) is 0.433. The Balaban J connectivity index is 0.000000406. The number of hydrogen-bond acceptors (Lipinski definition) is 6. The number of amides is 1. The average Bonchev–Trinajstić information content (AvgIpc) is 3.12. The molecule has 4 rings (SSSR count). The van der Waals surface area contributed by atoms with E-state index in [1.165, 1.54) is 28.8 Å². The van der Waals surface area contributed by atoms with Gasteiger partial charge in [-0.25, -0.2) is 0 Å². The van der Waals surface area contributed by atoms with Crippen molar-refractivity contribution in [3.05, 3.63) is 58.1 Å². The Kier molecular flexibility index (Phi) is 7.86. The van der Waals surface area contributed by atoms with E-state index in [4.69, 9.17) is 14.6 Å². The standard InChI is InChI=1S/C20H23NO5S.C2H2F3NO/c1-2-3-17-16-8-9-21-11-19(18(16)10-14-12-25-26-20(14)17)13-4-6-15(7-5-13)27(22,23)24;3-2(4,5)1(6)7/h4-7,10,19,21H,2-3,8-9,11-12H2,1H3,(H,22,23,24);(H2,6,7). The maximum absolute atomic E-state index is 11.3. The number of nitrogens with two attached hydrogens (primary N) is 1. The van der Waals surface area contributed by atoms with Crippen molar-refractivity contribution in [2.75, 3.05) is 13.1 Å². The highest BCUT2D eigenvalue weighted by molar-refractivity contribution is 7.85. The highest BCUT2D eigenvalue weighted by Gasteiger charge is 2.35. The molecule has 2 aromatic carbocycles. The number of halogens is 3. The number of hydrogen-bond donors (Lipinski definition) is 3. The third-order valence-corrected chi connectivity index (χ3v) is 6.47. The first-order valence-corrected chi connectivity index (χ1v) is 12.0. The van der Waals surface area contributed by atoms with Crippen LogP contribution in [0.5, 0.6) is 5.75 Å². The van der Waals surface area contributed by atoms with Crippen LogP contribution in [0.4, 0.5) is 13.2 Å². The first kappa shape index (κ1) is 25.9. The Bertz CT molecular complexity index is 1150. The zero-order valence-electron chi connectivity index (χ0n) is 18.3. The van der Waals surface area contributed by atoms with E-state index in [0.717, 1.165) is 49.2 Å². The van der Waals surface area contributed by atoms with Crippen LogP contribution < -0.4 is 15.9 Å². The van der Waals surface area contributed by atoms with Gasteiger partial charge in [-0.3, -0.25) is 9.35 Å². The molecule has 2 aliphatic rings. The van der Waals surface area contributed by atoms with Gasteiger partial charge in [0.05, 0.1) is 4.90 Å². The van der Waals surface area contributed by atoms with Crippen molar-refractivity contribution in [2.45, 2.75) is 49.8 Å². The molecule has 1 amide bonds. The second-order valence-corrected chi connectivity index (χ2v) is 9.34. The van der Waals surface area contributed by atoms with E-state index in [1.54, 1.807) is 12.1 Å². The van der Waals surface area contributed by atoms with Crippen molar-refractivity contribution in [1.29, 1.82) is 0 Å². The lowest BCUT2D eigenvalue weighted by Gasteiger charge is -2.21. The summed E-state index contributed by atoms with van der Waals surface area (Å²) in [7, 11) is -4.19.